The molecular weight excluding hydrogens is 332 g/mol. The Labute approximate surface area is 144 Å². The largest absolute Gasteiger partial charge is 0.416 e. The van der Waals surface area contributed by atoms with Crippen molar-refractivity contribution in [3.05, 3.63) is 65.5 Å². The predicted octanol–water partition coefficient (Wildman–Crippen LogP) is 4.60. The maximum Gasteiger partial charge on any atom is 0.416 e. The van der Waals surface area contributed by atoms with Crippen molar-refractivity contribution in [1.29, 1.82) is 0 Å². The van der Waals surface area contributed by atoms with Crippen LogP contribution in [0.5, 0.6) is 0 Å². The first-order valence-corrected chi connectivity index (χ1v) is 8.32. The van der Waals surface area contributed by atoms with Gasteiger partial charge in [0.05, 0.1) is 5.56 Å². The van der Waals surface area contributed by atoms with E-state index >= 15 is 0 Å². The Hall–Kier alpha value is -2.08. The molecule has 0 aromatic heterocycles. The van der Waals surface area contributed by atoms with Crippen LogP contribution >= 0.6 is 0 Å². The predicted molar refractivity (Wildman–Crippen MR) is 89.9 cm³/mol. The van der Waals surface area contributed by atoms with Gasteiger partial charge in [0.15, 0.2) is 0 Å². The van der Waals surface area contributed by atoms with Gasteiger partial charge in [-0.05, 0) is 67.9 Å². The van der Waals surface area contributed by atoms with E-state index in [1.165, 1.54) is 24.3 Å². The highest BCUT2D eigenvalue weighted by Crippen LogP contribution is 2.32. The van der Waals surface area contributed by atoms with Gasteiger partial charge in [-0.25, -0.2) is 4.39 Å². The van der Waals surface area contributed by atoms with Gasteiger partial charge in [0.25, 0.3) is 0 Å². The lowest BCUT2D eigenvalue weighted by Gasteiger charge is -2.36. The van der Waals surface area contributed by atoms with Crippen molar-refractivity contribution in [2.75, 3.05) is 18.0 Å². The Kier molecular flexibility index (Phi) is 5.27. The van der Waals surface area contributed by atoms with E-state index in [0.29, 0.717) is 6.54 Å². The number of halogens is 4. The van der Waals surface area contributed by atoms with E-state index in [0.717, 1.165) is 49.3 Å². The molecule has 0 bridgehead atoms. The number of nitrogens with zero attached hydrogens (tertiary/aromatic N) is 1. The van der Waals surface area contributed by atoms with Crippen LogP contribution in [-0.4, -0.2) is 19.1 Å². The van der Waals surface area contributed by atoms with Crippen molar-refractivity contribution in [3.63, 3.8) is 0 Å². The molecular formula is C19H20F4N2. The molecule has 0 aliphatic carbocycles. The van der Waals surface area contributed by atoms with Crippen LogP contribution < -0.4 is 10.2 Å². The van der Waals surface area contributed by atoms with E-state index in [9.17, 15) is 17.6 Å². The summed E-state index contributed by atoms with van der Waals surface area (Å²) in [6, 6.07) is 11.8. The van der Waals surface area contributed by atoms with Gasteiger partial charge < -0.3 is 10.2 Å². The quantitative estimate of drug-likeness (QED) is 0.809. The maximum absolute atomic E-state index is 13.1. The molecule has 1 fully saturated rings. The molecule has 6 heteroatoms. The molecule has 1 heterocycles. The van der Waals surface area contributed by atoms with Crippen molar-refractivity contribution in [2.24, 2.45) is 0 Å². The van der Waals surface area contributed by atoms with Gasteiger partial charge in [-0.2, -0.15) is 13.2 Å². The Morgan fingerprint density at radius 1 is 0.920 bits per heavy atom. The van der Waals surface area contributed by atoms with Gasteiger partial charge in [0, 0.05) is 18.3 Å². The summed E-state index contributed by atoms with van der Waals surface area (Å²) in [5, 5.41) is 3.30. The van der Waals surface area contributed by atoms with Crippen molar-refractivity contribution >= 4 is 5.69 Å². The van der Waals surface area contributed by atoms with E-state index in [1.807, 2.05) is 0 Å². The molecule has 25 heavy (non-hydrogen) atoms. The highest BCUT2D eigenvalue weighted by atomic mass is 19.4. The molecule has 0 saturated carbocycles. The van der Waals surface area contributed by atoms with E-state index in [4.69, 9.17) is 0 Å². The molecule has 134 valence electrons. The third-order valence-corrected chi connectivity index (χ3v) is 4.54. The minimum Gasteiger partial charge on any atom is -0.364 e. The Morgan fingerprint density at radius 2 is 1.52 bits per heavy atom. The van der Waals surface area contributed by atoms with Crippen molar-refractivity contribution in [1.82, 2.24) is 5.32 Å². The number of piperidine rings is 1. The molecule has 3 rings (SSSR count). The summed E-state index contributed by atoms with van der Waals surface area (Å²) >= 11 is 0. The van der Waals surface area contributed by atoms with Crippen LogP contribution in [0.25, 0.3) is 0 Å². The molecule has 1 aliphatic rings. The number of hydrogen-bond acceptors (Lipinski definition) is 2. The average Bonchev–Trinajstić information content (AvgIpc) is 2.61. The second-order valence-electron chi connectivity index (χ2n) is 6.28. The molecule has 1 saturated heterocycles. The third-order valence-electron chi connectivity index (χ3n) is 4.54. The van der Waals surface area contributed by atoms with Crippen LogP contribution in [0.3, 0.4) is 0 Å². The van der Waals surface area contributed by atoms with E-state index in [2.05, 4.69) is 10.2 Å². The molecule has 2 aromatic carbocycles. The van der Waals surface area contributed by atoms with E-state index < -0.39 is 11.7 Å². The second kappa shape index (κ2) is 7.44. The first-order valence-electron chi connectivity index (χ1n) is 8.32. The molecule has 0 amide bonds. The van der Waals surface area contributed by atoms with Crippen LogP contribution in [0.2, 0.25) is 0 Å². The van der Waals surface area contributed by atoms with Crippen molar-refractivity contribution < 1.29 is 17.6 Å². The summed E-state index contributed by atoms with van der Waals surface area (Å²) in [5.41, 5.74) is 1.03. The first-order chi connectivity index (χ1) is 11.9. The number of rotatable bonds is 4. The summed E-state index contributed by atoms with van der Waals surface area (Å²) in [4.78, 5) is 2.12. The zero-order valence-corrected chi connectivity index (χ0v) is 13.7. The second-order valence-corrected chi connectivity index (χ2v) is 6.28. The van der Waals surface area contributed by atoms with Crippen molar-refractivity contribution in [3.8, 4) is 0 Å². The van der Waals surface area contributed by atoms with Crippen LogP contribution in [0.15, 0.2) is 48.5 Å². The molecule has 2 aromatic rings. The molecule has 2 nitrogen and oxygen atoms in total. The Morgan fingerprint density at radius 3 is 2.08 bits per heavy atom. The maximum atomic E-state index is 13.1. The minimum absolute atomic E-state index is 0.239. The third kappa shape index (κ3) is 4.51. The molecule has 0 spiro atoms. The number of nitrogens with one attached hydrogen (secondary N) is 1. The monoisotopic (exact) mass is 352 g/mol. The summed E-state index contributed by atoms with van der Waals surface area (Å²) in [7, 11) is 0. The van der Waals surface area contributed by atoms with E-state index in [1.54, 1.807) is 12.1 Å². The summed E-state index contributed by atoms with van der Waals surface area (Å²) in [6.45, 7) is 2.30. The zero-order chi connectivity index (χ0) is 17.9. The fourth-order valence-corrected chi connectivity index (χ4v) is 3.18. The molecule has 1 N–H and O–H groups in total. The highest BCUT2D eigenvalue weighted by molar-refractivity contribution is 5.50. The number of alkyl halides is 3. The number of benzene rings is 2. The van der Waals surface area contributed by atoms with Gasteiger partial charge in [0.1, 0.15) is 5.82 Å². The van der Waals surface area contributed by atoms with Crippen LogP contribution in [0.1, 0.15) is 24.0 Å². The smallest absolute Gasteiger partial charge is 0.364 e. The fraction of sp³-hybridized carbons (Fsp3) is 0.368. The fourth-order valence-electron chi connectivity index (χ4n) is 3.18. The lowest BCUT2D eigenvalue weighted by Crippen LogP contribution is -2.43. The SMILES string of the molecule is Fc1ccc(CN(c2ccc(C(F)(F)F)cc2)C2CCNCC2)cc1. The van der Waals surface area contributed by atoms with Gasteiger partial charge >= 0.3 is 6.18 Å². The zero-order valence-electron chi connectivity index (χ0n) is 13.7. The Balaban J connectivity index is 1.86. The van der Waals surface area contributed by atoms with Crippen LogP contribution in [0, 0.1) is 5.82 Å². The molecule has 0 unspecified atom stereocenters. The lowest BCUT2D eigenvalue weighted by molar-refractivity contribution is -0.137. The van der Waals surface area contributed by atoms with Gasteiger partial charge in [-0.15, -0.1) is 0 Å². The van der Waals surface area contributed by atoms with Gasteiger partial charge in [0.2, 0.25) is 0 Å². The van der Waals surface area contributed by atoms with Crippen LogP contribution in [-0.2, 0) is 12.7 Å². The van der Waals surface area contributed by atoms with E-state index in [-0.39, 0.29) is 11.9 Å². The first kappa shape index (κ1) is 17.7. The molecule has 1 aliphatic heterocycles. The standard InChI is InChI=1S/C19H20F4N2/c20-16-5-1-14(2-6-16)13-25(18-9-11-24-12-10-18)17-7-3-15(4-8-17)19(21,22)23/h1-8,18,24H,9-13H2. The number of anilines is 1. The normalized spacial score (nSPS) is 16.0. The number of hydrogen-bond donors (Lipinski definition) is 1. The van der Waals surface area contributed by atoms with Gasteiger partial charge in [-0.3, -0.25) is 0 Å². The molecule has 0 atom stereocenters. The summed E-state index contributed by atoms with van der Waals surface area (Å²) in [5.74, 6) is -0.299. The van der Waals surface area contributed by atoms with Gasteiger partial charge in [-0.1, -0.05) is 12.1 Å². The van der Waals surface area contributed by atoms with Crippen molar-refractivity contribution in [2.45, 2.75) is 31.6 Å². The highest BCUT2D eigenvalue weighted by Gasteiger charge is 2.30. The topological polar surface area (TPSA) is 15.3 Å². The summed E-state index contributed by atoms with van der Waals surface area (Å²) in [6.07, 6.45) is -2.50. The van der Waals surface area contributed by atoms with Crippen LogP contribution in [0.4, 0.5) is 23.2 Å². The lowest BCUT2D eigenvalue weighted by atomic mass is 10.0. The summed E-state index contributed by atoms with van der Waals surface area (Å²) < 4.78 is 51.5. The minimum atomic E-state index is -4.34. The molecule has 0 radical (unpaired) electrons. The average molecular weight is 352 g/mol. The Bertz CT molecular complexity index is 674.